The highest BCUT2D eigenvalue weighted by Gasteiger charge is 2.25. The molecule has 1 N–H and O–H groups in total. The smallest absolute Gasteiger partial charge is 0.330 e. The standard InChI is InChI=1S/C28H26ClN7O3/c1-2-39-26(37)6-5-19-9-20(18-3-4-18)13-35-15-23(33-27(19)35)16-36-14-21(11-32-36)28(38)30-12-24-25-10-22(29)7-8-34(25)17-31-24/h5-11,13-15,17-18H,2-4,12,16H2,1H3,(H,30,38)/b6-5+. The van der Waals surface area contributed by atoms with E-state index < -0.39 is 0 Å². The maximum absolute atomic E-state index is 12.8. The Labute approximate surface area is 228 Å². The number of amides is 1. The fourth-order valence-corrected chi connectivity index (χ4v) is 4.70. The van der Waals surface area contributed by atoms with Gasteiger partial charge in [-0.3, -0.25) is 9.48 Å². The summed E-state index contributed by atoms with van der Waals surface area (Å²) < 4.78 is 10.6. The molecule has 1 amide bonds. The summed E-state index contributed by atoms with van der Waals surface area (Å²) in [7, 11) is 0. The molecule has 1 saturated carbocycles. The summed E-state index contributed by atoms with van der Waals surface area (Å²) in [4.78, 5) is 33.8. The molecule has 5 aromatic rings. The molecule has 6 rings (SSSR count). The third-order valence-corrected chi connectivity index (χ3v) is 6.84. The molecular weight excluding hydrogens is 518 g/mol. The van der Waals surface area contributed by atoms with Crippen molar-refractivity contribution in [3.63, 3.8) is 0 Å². The molecule has 5 aromatic heterocycles. The van der Waals surface area contributed by atoms with Crippen LogP contribution >= 0.6 is 11.6 Å². The molecule has 39 heavy (non-hydrogen) atoms. The number of halogens is 1. The van der Waals surface area contributed by atoms with Crippen molar-refractivity contribution in [3.05, 3.63) is 94.7 Å². The van der Waals surface area contributed by atoms with Crippen molar-refractivity contribution in [1.82, 2.24) is 33.9 Å². The van der Waals surface area contributed by atoms with Crippen molar-refractivity contribution in [3.8, 4) is 0 Å². The van der Waals surface area contributed by atoms with Gasteiger partial charge in [0.05, 0.1) is 54.7 Å². The molecule has 0 bridgehead atoms. The molecule has 1 aliphatic rings. The molecule has 11 heteroatoms. The lowest BCUT2D eigenvalue weighted by atomic mass is 10.1. The van der Waals surface area contributed by atoms with Crippen LogP contribution in [0.1, 0.15) is 58.6 Å². The minimum atomic E-state index is -0.383. The zero-order valence-corrected chi connectivity index (χ0v) is 22.0. The van der Waals surface area contributed by atoms with E-state index in [-0.39, 0.29) is 18.4 Å². The number of imidazole rings is 2. The first kappa shape index (κ1) is 24.9. The van der Waals surface area contributed by atoms with Crippen molar-refractivity contribution in [1.29, 1.82) is 0 Å². The second kappa shape index (κ2) is 10.4. The van der Waals surface area contributed by atoms with Gasteiger partial charge in [-0.2, -0.15) is 5.10 Å². The third kappa shape index (κ3) is 5.42. The number of hydrogen-bond acceptors (Lipinski definition) is 6. The maximum Gasteiger partial charge on any atom is 0.330 e. The van der Waals surface area contributed by atoms with Crippen molar-refractivity contribution in [2.75, 3.05) is 6.61 Å². The van der Waals surface area contributed by atoms with Crippen LogP contribution in [-0.4, -0.2) is 47.0 Å². The van der Waals surface area contributed by atoms with Crippen LogP contribution in [0.5, 0.6) is 0 Å². The van der Waals surface area contributed by atoms with E-state index in [9.17, 15) is 9.59 Å². The van der Waals surface area contributed by atoms with Crippen LogP contribution in [0.2, 0.25) is 5.02 Å². The normalized spacial score (nSPS) is 13.5. The minimum Gasteiger partial charge on any atom is -0.463 e. The largest absolute Gasteiger partial charge is 0.463 e. The zero-order valence-electron chi connectivity index (χ0n) is 21.2. The zero-order chi connectivity index (χ0) is 26.9. The van der Waals surface area contributed by atoms with E-state index in [1.807, 2.05) is 27.3 Å². The fraction of sp³-hybridized carbons (Fsp3) is 0.250. The molecule has 0 aliphatic heterocycles. The predicted octanol–water partition coefficient (Wildman–Crippen LogP) is 4.26. The number of ether oxygens (including phenoxy) is 1. The van der Waals surface area contributed by atoms with E-state index >= 15 is 0 Å². The molecule has 198 valence electrons. The molecular formula is C28H26ClN7O3. The molecule has 0 aromatic carbocycles. The van der Waals surface area contributed by atoms with E-state index in [2.05, 4.69) is 27.7 Å². The van der Waals surface area contributed by atoms with E-state index in [1.165, 1.54) is 17.8 Å². The Bertz CT molecular complexity index is 1730. The Kier molecular flexibility index (Phi) is 6.62. The molecule has 0 saturated heterocycles. The first-order chi connectivity index (χ1) is 19.0. The van der Waals surface area contributed by atoms with Gasteiger partial charge in [0, 0.05) is 41.4 Å². The van der Waals surface area contributed by atoms with E-state index in [4.69, 9.17) is 21.3 Å². The number of fused-ring (bicyclic) bond motifs is 2. The highest BCUT2D eigenvalue weighted by atomic mass is 35.5. The molecule has 1 fully saturated rings. The quantitative estimate of drug-likeness (QED) is 0.220. The number of carbonyl (C=O) groups excluding carboxylic acids is 2. The highest BCUT2D eigenvalue weighted by Crippen LogP contribution is 2.40. The number of esters is 1. The molecule has 0 unspecified atom stereocenters. The lowest BCUT2D eigenvalue weighted by Crippen LogP contribution is -2.22. The van der Waals surface area contributed by atoms with Crippen LogP contribution in [0.15, 0.2) is 61.6 Å². The Morgan fingerprint density at radius 3 is 2.90 bits per heavy atom. The summed E-state index contributed by atoms with van der Waals surface area (Å²) in [5.41, 5.74) is 5.60. The number of aromatic nitrogens is 6. The van der Waals surface area contributed by atoms with Crippen LogP contribution in [-0.2, 0) is 22.6 Å². The fourth-order valence-electron chi connectivity index (χ4n) is 4.54. The lowest BCUT2D eigenvalue weighted by molar-refractivity contribution is -0.137. The summed E-state index contributed by atoms with van der Waals surface area (Å²) >= 11 is 6.11. The maximum atomic E-state index is 12.8. The Morgan fingerprint density at radius 2 is 2.08 bits per heavy atom. The van der Waals surface area contributed by atoms with Gasteiger partial charge in [0.1, 0.15) is 5.65 Å². The second-order valence-corrected chi connectivity index (χ2v) is 9.93. The first-order valence-electron chi connectivity index (χ1n) is 12.7. The van der Waals surface area contributed by atoms with Crippen LogP contribution in [0, 0.1) is 0 Å². The number of nitrogens with zero attached hydrogens (tertiary/aromatic N) is 6. The van der Waals surface area contributed by atoms with E-state index in [0.29, 0.717) is 29.7 Å². The number of carbonyl (C=O) groups is 2. The van der Waals surface area contributed by atoms with Gasteiger partial charge in [0.25, 0.3) is 5.91 Å². The summed E-state index contributed by atoms with van der Waals surface area (Å²) in [6, 6.07) is 5.69. The van der Waals surface area contributed by atoms with Crippen LogP contribution in [0.3, 0.4) is 0 Å². The molecule has 10 nitrogen and oxygen atoms in total. The number of pyridine rings is 2. The van der Waals surface area contributed by atoms with Crippen molar-refractivity contribution in [2.24, 2.45) is 0 Å². The van der Waals surface area contributed by atoms with E-state index in [0.717, 1.165) is 41.0 Å². The van der Waals surface area contributed by atoms with Gasteiger partial charge in [-0.25, -0.2) is 14.8 Å². The van der Waals surface area contributed by atoms with Crippen molar-refractivity contribution in [2.45, 2.75) is 38.8 Å². The van der Waals surface area contributed by atoms with Gasteiger partial charge < -0.3 is 18.9 Å². The van der Waals surface area contributed by atoms with Gasteiger partial charge in [0.2, 0.25) is 0 Å². The van der Waals surface area contributed by atoms with Gasteiger partial charge in [-0.1, -0.05) is 11.6 Å². The molecule has 1 aliphatic carbocycles. The summed E-state index contributed by atoms with van der Waals surface area (Å²) in [6.07, 6.45) is 16.3. The Balaban J connectivity index is 1.17. The lowest BCUT2D eigenvalue weighted by Gasteiger charge is -2.04. The molecule has 0 radical (unpaired) electrons. The Morgan fingerprint density at radius 1 is 1.21 bits per heavy atom. The predicted molar refractivity (Wildman–Crippen MR) is 146 cm³/mol. The first-order valence-corrected chi connectivity index (χ1v) is 13.1. The number of hydrogen-bond donors (Lipinski definition) is 1. The minimum absolute atomic E-state index is 0.250. The second-order valence-electron chi connectivity index (χ2n) is 9.49. The van der Waals surface area contributed by atoms with Crippen LogP contribution in [0.4, 0.5) is 0 Å². The van der Waals surface area contributed by atoms with Gasteiger partial charge >= 0.3 is 5.97 Å². The average Bonchev–Trinajstić information content (AvgIpc) is 3.33. The summed E-state index contributed by atoms with van der Waals surface area (Å²) in [5, 5.41) is 7.87. The molecule has 5 heterocycles. The van der Waals surface area contributed by atoms with Gasteiger partial charge in [0.15, 0.2) is 0 Å². The number of nitrogens with one attached hydrogen (secondary N) is 1. The number of rotatable bonds is 9. The van der Waals surface area contributed by atoms with Crippen LogP contribution < -0.4 is 5.32 Å². The molecule has 0 atom stereocenters. The summed E-state index contributed by atoms with van der Waals surface area (Å²) in [6.45, 7) is 2.76. The summed E-state index contributed by atoms with van der Waals surface area (Å²) in [5.74, 6) is -0.0919. The SMILES string of the molecule is CCOC(=O)/C=C/c1cc(C2CC2)cn2cc(Cn3cc(C(=O)NCc4ncn5ccc(Cl)cc45)cn3)nc12. The van der Waals surface area contributed by atoms with Crippen molar-refractivity contribution < 1.29 is 14.3 Å². The highest BCUT2D eigenvalue weighted by molar-refractivity contribution is 6.30. The topological polar surface area (TPSA) is 108 Å². The molecule has 0 spiro atoms. The van der Waals surface area contributed by atoms with Crippen LogP contribution in [0.25, 0.3) is 17.2 Å². The monoisotopic (exact) mass is 543 g/mol. The Hall–Kier alpha value is -4.44. The van der Waals surface area contributed by atoms with E-state index in [1.54, 1.807) is 36.3 Å². The third-order valence-electron chi connectivity index (χ3n) is 6.60. The van der Waals surface area contributed by atoms with Gasteiger partial charge in [-0.05, 0) is 55.5 Å². The van der Waals surface area contributed by atoms with Gasteiger partial charge in [-0.15, -0.1) is 0 Å². The average molecular weight is 544 g/mol. The van der Waals surface area contributed by atoms with Crippen molar-refractivity contribution >= 4 is 40.7 Å².